The van der Waals surface area contributed by atoms with E-state index in [2.05, 4.69) is 0 Å². The molecule has 8 heteroatoms. The van der Waals surface area contributed by atoms with Crippen LogP contribution in [-0.4, -0.2) is 46.1 Å². The molecule has 0 amide bonds. The normalized spacial score (nSPS) is 11.1. The number of alkyl halides is 1. The standard InChI is InChI=1S/C11H13FO6S/c1-17-9-6-7(19(15,16)4-3-12)5-8(11(13)14)10(9)18-2/h5-6H,3-4H2,1-2H3,(H,13,14). The smallest absolute Gasteiger partial charge is 0.339 e. The molecule has 0 fully saturated rings. The highest BCUT2D eigenvalue weighted by Gasteiger charge is 2.23. The van der Waals surface area contributed by atoms with Crippen molar-refractivity contribution in [2.75, 3.05) is 26.6 Å². The number of ether oxygens (including phenoxy) is 2. The van der Waals surface area contributed by atoms with Gasteiger partial charge in [0.25, 0.3) is 0 Å². The first-order valence-electron chi connectivity index (χ1n) is 5.15. The lowest BCUT2D eigenvalue weighted by Gasteiger charge is -2.12. The predicted octanol–water partition coefficient (Wildman–Crippen LogP) is 1.15. The van der Waals surface area contributed by atoms with E-state index in [-0.39, 0.29) is 22.0 Å². The molecule has 0 spiro atoms. The number of rotatable bonds is 6. The number of hydrogen-bond acceptors (Lipinski definition) is 5. The summed E-state index contributed by atoms with van der Waals surface area (Å²) < 4.78 is 45.5. The maximum atomic E-state index is 12.2. The fourth-order valence-electron chi connectivity index (χ4n) is 1.50. The van der Waals surface area contributed by atoms with Crippen LogP contribution in [0.3, 0.4) is 0 Å². The van der Waals surface area contributed by atoms with Crippen molar-refractivity contribution in [3.63, 3.8) is 0 Å². The highest BCUT2D eigenvalue weighted by molar-refractivity contribution is 7.91. The fraction of sp³-hybridized carbons (Fsp3) is 0.364. The highest BCUT2D eigenvalue weighted by Crippen LogP contribution is 2.34. The minimum Gasteiger partial charge on any atom is -0.493 e. The van der Waals surface area contributed by atoms with Crippen LogP contribution in [0.4, 0.5) is 4.39 Å². The van der Waals surface area contributed by atoms with Crippen LogP contribution in [0.2, 0.25) is 0 Å². The highest BCUT2D eigenvalue weighted by atomic mass is 32.2. The molecule has 0 aliphatic heterocycles. The van der Waals surface area contributed by atoms with Crippen LogP contribution in [-0.2, 0) is 9.84 Å². The summed E-state index contributed by atoms with van der Waals surface area (Å²) in [5.41, 5.74) is -0.362. The van der Waals surface area contributed by atoms with Gasteiger partial charge >= 0.3 is 5.97 Å². The Morgan fingerprint density at radius 1 is 1.32 bits per heavy atom. The van der Waals surface area contributed by atoms with Crippen molar-refractivity contribution < 1.29 is 32.2 Å². The minimum absolute atomic E-state index is 0.0418. The average molecular weight is 292 g/mol. The number of carboxylic acids is 1. The van der Waals surface area contributed by atoms with Gasteiger partial charge in [-0.3, -0.25) is 0 Å². The maximum Gasteiger partial charge on any atom is 0.339 e. The number of halogens is 1. The Labute approximate surface area is 109 Å². The number of hydrogen-bond donors (Lipinski definition) is 1. The van der Waals surface area contributed by atoms with Gasteiger partial charge in [-0.2, -0.15) is 0 Å². The molecule has 0 bridgehead atoms. The monoisotopic (exact) mass is 292 g/mol. The summed E-state index contributed by atoms with van der Waals surface area (Å²) in [4.78, 5) is 10.8. The average Bonchev–Trinajstić information content (AvgIpc) is 2.36. The van der Waals surface area contributed by atoms with Gasteiger partial charge in [0, 0.05) is 6.07 Å². The van der Waals surface area contributed by atoms with Crippen molar-refractivity contribution in [3.05, 3.63) is 17.7 Å². The molecule has 0 atom stereocenters. The topological polar surface area (TPSA) is 89.9 Å². The Morgan fingerprint density at radius 3 is 2.37 bits per heavy atom. The molecule has 0 saturated heterocycles. The van der Waals surface area contributed by atoms with E-state index < -0.39 is 28.2 Å². The molecule has 6 nitrogen and oxygen atoms in total. The molecule has 1 aromatic carbocycles. The van der Waals surface area contributed by atoms with Crippen molar-refractivity contribution in [2.24, 2.45) is 0 Å². The van der Waals surface area contributed by atoms with Gasteiger partial charge in [0.15, 0.2) is 21.3 Å². The number of benzene rings is 1. The third kappa shape index (κ3) is 3.14. The molecular formula is C11H13FO6S. The third-order valence-corrected chi connectivity index (χ3v) is 4.03. The molecule has 0 unspecified atom stereocenters. The van der Waals surface area contributed by atoms with E-state index in [1.54, 1.807) is 0 Å². The van der Waals surface area contributed by atoms with Crippen LogP contribution in [0.15, 0.2) is 17.0 Å². The van der Waals surface area contributed by atoms with Gasteiger partial charge in [-0.05, 0) is 6.07 Å². The zero-order valence-corrected chi connectivity index (χ0v) is 11.2. The summed E-state index contributed by atoms with van der Waals surface area (Å²) in [5.74, 6) is -2.22. The lowest BCUT2D eigenvalue weighted by atomic mass is 10.2. The molecule has 0 heterocycles. The molecular weight excluding hydrogens is 279 g/mol. The van der Waals surface area contributed by atoms with Crippen LogP contribution in [0.5, 0.6) is 11.5 Å². The number of aromatic carboxylic acids is 1. The Hall–Kier alpha value is -1.83. The summed E-state index contributed by atoms with van der Waals surface area (Å²) in [6.07, 6.45) is 0. The van der Waals surface area contributed by atoms with Gasteiger partial charge in [0.2, 0.25) is 0 Å². The largest absolute Gasteiger partial charge is 0.493 e. The van der Waals surface area contributed by atoms with Gasteiger partial charge in [-0.25, -0.2) is 17.6 Å². The summed E-state index contributed by atoms with van der Waals surface area (Å²) in [6.45, 7) is -1.06. The first-order valence-corrected chi connectivity index (χ1v) is 6.80. The molecule has 0 saturated carbocycles. The fourth-order valence-corrected chi connectivity index (χ4v) is 2.52. The van der Waals surface area contributed by atoms with E-state index in [1.807, 2.05) is 0 Å². The van der Waals surface area contributed by atoms with Gasteiger partial charge in [0.05, 0.1) is 24.9 Å². The first kappa shape index (κ1) is 15.2. The van der Waals surface area contributed by atoms with Crippen LogP contribution < -0.4 is 9.47 Å². The first-order chi connectivity index (χ1) is 8.87. The quantitative estimate of drug-likeness (QED) is 0.845. The van der Waals surface area contributed by atoms with E-state index in [0.29, 0.717) is 0 Å². The lowest BCUT2D eigenvalue weighted by Crippen LogP contribution is -2.11. The van der Waals surface area contributed by atoms with Crippen molar-refractivity contribution in [1.82, 2.24) is 0 Å². The van der Waals surface area contributed by atoms with E-state index in [4.69, 9.17) is 14.6 Å². The van der Waals surface area contributed by atoms with Crippen molar-refractivity contribution in [2.45, 2.75) is 4.90 Å². The van der Waals surface area contributed by atoms with Gasteiger partial charge < -0.3 is 14.6 Å². The molecule has 1 rings (SSSR count). The van der Waals surface area contributed by atoms with Crippen LogP contribution in [0, 0.1) is 0 Å². The van der Waals surface area contributed by atoms with E-state index in [0.717, 1.165) is 12.1 Å². The molecule has 19 heavy (non-hydrogen) atoms. The van der Waals surface area contributed by atoms with Crippen LogP contribution in [0.1, 0.15) is 10.4 Å². The number of methoxy groups -OCH3 is 2. The second-order valence-corrected chi connectivity index (χ2v) is 5.63. The van der Waals surface area contributed by atoms with E-state index >= 15 is 0 Å². The molecule has 0 aromatic heterocycles. The van der Waals surface area contributed by atoms with E-state index in [1.165, 1.54) is 14.2 Å². The second kappa shape index (κ2) is 5.87. The van der Waals surface area contributed by atoms with Gasteiger partial charge in [-0.1, -0.05) is 0 Å². The third-order valence-electron chi connectivity index (χ3n) is 2.39. The summed E-state index contributed by atoms with van der Waals surface area (Å²) in [5, 5.41) is 9.03. The molecule has 1 aromatic rings. The second-order valence-electron chi connectivity index (χ2n) is 3.52. The molecule has 0 aliphatic rings. The predicted molar refractivity (Wildman–Crippen MR) is 64.5 cm³/mol. The van der Waals surface area contributed by atoms with Gasteiger partial charge in [-0.15, -0.1) is 0 Å². The lowest BCUT2D eigenvalue weighted by molar-refractivity contribution is 0.0692. The van der Waals surface area contributed by atoms with Crippen molar-refractivity contribution in [1.29, 1.82) is 0 Å². The van der Waals surface area contributed by atoms with Crippen LogP contribution in [0.25, 0.3) is 0 Å². The van der Waals surface area contributed by atoms with Crippen molar-refractivity contribution in [3.8, 4) is 11.5 Å². The summed E-state index contributed by atoms with van der Waals surface area (Å²) >= 11 is 0. The zero-order chi connectivity index (χ0) is 14.6. The summed E-state index contributed by atoms with van der Waals surface area (Å²) in [7, 11) is -1.42. The number of carboxylic acid groups (broad SMARTS) is 1. The molecule has 1 N–H and O–H groups in total. The maximum absolute atomic E-state index is 12.2. The summed E-state index contributed by atoms with van der Waals surface area (Å²) in [6, 6.07) is 2.03. The van der Waals surface area contributed by atoms with Crippen molar-refractivity contribution >= 4 is 15.8 Å². The Kier molecular flexibility index (Phi) is 4.71. The SMILES string of the molecule is COc1cc(S(=O)(=O)CCF)cc(C(=O)O)c1OC. The van der Waals surface area contributed by atoms with Crippen LogP contribution >= 0.6 is 0 Å². The Morgan fingerprint density at radius 2 is 1.95 bits per heavy atom. The zero-order valence-electron chi connectivity index (χ0n) is 10.3. The number of carbonyl (C=O) groups is 1. The molecule has 0 radical (unpaired) electrons. The number of sulfone groups is 1. The Bertz CT molecular complexity index is 581. The minimum atomic E-state index is -3.90. The molecule has 0 aliphatic carbocycles. The van der Waals surface area contributed by atoms with E-state index in [9.17, 15) is 17.6 Å². The van der Waals surface area contributed by atoms with Gasteiger partial charge in [0.1, 0.15) is 12.2 Å². The Balaban J connectivity index is 3.54. The molecule has 106 valence electrons.